The number of hydrogen-bond donors (Lipinski definition) is 0. The van der Waals surface area contributed by atoms with Crippen LogP contribution >= 0.6 is 0 Å². The van der Waals surface area contributed by atoms with Crippen LogP contribution in [0, 0.1) is 15.5 Å². The average molecular weight is 331 g/mol. The summed E-state index contributed by atoms with van der Waals surface area (Å²) in [6.07, 6.45) is -0.211. The highest BCUT2D eigenvalue weighted by Gasteiger charge is 2.58. The monoisotopic (exact) mass is 331 g/mol. The highest BCUT2D eigenvalue weighted by molar-refractivity contribution is 8.01. The van der Waals surface area contributed by atoms with Crippen molar-refractivity contribution in [3.8, 4) is 0 Å². The first-order valence-electron chi connectivity index (χ1n) is 5.81. The van der Waals surface area contributed by atoms with E-state index in [-0.39, 0.29) is 31.6 Å². The van der Waals surface area contributed by atoms with Gasteiger partial charge in [0.1, 0.15) is 20.1 Å². The van der Waals surface area contributed by atoms with Gasteiger partial charge in [-0.2, -0.15) is 0 Å². The van der Waals surface area contributed by atoms with Gasteiger partial charge < -0.3 is 0 Å². The first-order chi connectivity index (χ1) is 9.42. The molecule has 0 aliphatic carbocycles. The van der Waals surface area contributed by atoms with Gasteiger partial charge in [-0.05, 0) is 31.9 Å². The number of carbonyl (C=O) groups excluding carboxylic acids is 1. The number of rotatable bonds is 3. The SMILES string of the molecule is CC(C)(Cc1cc2c3c(c1S3(=O)=O)S2(=O)=O)C(=O)[N+](=O)[O-]. The molecule has 0 unspecified atom stereocenters. The molecule has 4 heterocycles. The smallest absolute Gasteiger partial charge is 0.256 e. The standard InChI is InChI=1S/C11H9NO7S2/c1-11(2,10(13)12(14)15)4-5-3-6-8-9(20(6,16)17)7(5)21(8,18)19/h3H,4H2,1-2H3. The summed E-state index contributed by atoms with van der Waals surface area (Å²) in [6, 6.07) is 1.20. The largest absolute Gasteiger partial charge is 0.450 e. The number of nitro groups is 1. The summed E-state index contributed by atoms with van der Waals surface area (Å²) in [7, 11) is -7.45. The summed E-state index contributed by atoms with van der Waals surface area (Å²) < 4.78 is 47.3. The van der Waals surface area contributed by atoms with E-state index >= 15 is 0 Å². The number of sulfone groups is 2. The normalized spacial score (nSPS) is 19.3. The minimum Gasteiger partial charge on any atom is -0.256 e. The molecule has 0 saturated carbocycles. The Kier molecular flexibility index (Phi) is 2.36. The number of nitrogens with zero attached hydrogens (tertiary/aromatic N) is 1. The molecule has 0 atom stereocenters. The van der Waals surface area contributed by atoms with Gasteiger partial charge in [-0.1, -0.05) is 0 Å². The Hall–Kier alpha value is -1.81. The summed E-state index contributed by atoms with van der Waals surface area (Å²) in [5.74, 6) is -1.25. The number of carbonyl (C=O) groups is 1. The third-order valence-electron chi connectivity index (χ3n) is 3.71. The highest BCUT2D eigenvalue weighted by Crippen LogP contribution is 2.58. The quantitative estimate of drug-likeness (QED) is 0.500. The van der Waals surface area contributed by atoms with E-state index in [0.717, 1.165) is 0 Å². The second-order valence-electron chi connectivity index (χ2n) is 5.65. The Morgan fingerprint density at radius 3 is 2.19 bits per heavy atom. The number of benzene rings is 1. The van der Waals surface area contributed by atoms with Crippen molar-refractivity contribution >= 4 is 25.6 Å². The zero-order valence-corrected chi connectivity index (χ0v) is 12.5. The summed E-state index contributed by atoms with van der Waals surface area (Å²) in [4.78, 5) is 20.1. The Balaban J connectivity index is 2.10. The maximum Gasteiger partial charge on any atom is 0.450 e. The molecule has 112 valence electrons. The molecule has 1 amide bonds. The summed E-state index contributed by atoms with van der Waals surface area (Å²) in [6.45, 7) is 2.64. The van der Waals surface area contributed by atoms with Gasteiger partial charge in [0, 0.05) is 0 Å². The number of amides is 1. The highest BCUT2D eigenvalue weighted by atomic mass is 32.2. The van der Waals surface area contributed by atoms with Gasteiger partial charge in [-0.3, -0.25) is 10.1 Å². The third-order valence-corrected chi connectivity index (χ3v) is 7.91. The van der Waals surface area contributed by atoms with Crippen molar-refractivity contribution in [2.45, 2.75) is 39.9 Å². The molecule has 4 aliphatic heterocycles. The van der Waals surface area contributed by atoms with Crippen LogP contribution in [0.1, 0.15) is 19.4 Å². The van der Waals surface area contributed by atoms with E-state index in [4.69, 9.17) is 0 Å². The van der Waals surface area contributed by atoms with Crippen LogP contribution in [-0.2, 0) is 30.9 Å². The molecule has 0 aromatic heterocycles. The van der Waals surface area contributed by atoms with Crippen LogP contribution in [0.25, 0.3) is 0 Å². The van der Waals surface area contributed by atoms with Crippen LogP contribution in [0.5, 0.6) is 0 Å². The van der Waals surface area contributed by atoms with Crippen LogP contribution < -0.4 is 0 Å². The fraction of sp³-hybridized carbons (Fsp3) is 0.364. The molecule has 4 bridgehead atoms. The Labute approximate surface area is 119 Å². The molecule has 1 aromatic rings. The molecule has 0 saturated heterocycles. The lowest BCUT2D eigenvalue weighted by Gasteiger charge is -2.37. The van der Waals surface area contributed by atoms with Gasteiger partial charge in [0.25, 0.3) is 0 Å². The minimum absolute atomic E-state index is 0.144. The summed E-state index contributed by atoms with van der Waals surface area (Å²) in [5.41, 5.74) is -1.28. The molecular formula is C11H9NO7S2. The molecule has 0 fully saturated rings. The van der Waals surface area contributed by atoms with Gasteiger partial charge >= 0.3 is 5.91 Å². The molecule has 0 spiro atoms. The van der Waals surface area contributed by atoms with Crippen LogP contribution in [0.2, 0.25) is 0 Å². The van der Waals surface area contributed by atoms with Crippen LogP contribution in [-0.4, -0.2) is 27.7 Å². The molecule has 8 nitrogen and oxygen atoms in total. The Morgan fingerprint density at radius 1 is 1.14 bits per heavy atom. The van der Waals surface area contributed by atoms with Crippen molar-refractivity contribution in [1.29, 1.82) is 0 Å². The van der Waals surface area contributed by atoms with Crippen LogP contribution in [0.3, 0.4) is 0 Å². The van der Waals surface area contributed by atoms with Crippen molar-refractivity contribution in [3.63, 3.8) is 0 Å². The molecule has 1 aromatic carbocycles. The molecule has 10 heteroatoms. The van der Waals surface area contributed by atoms with Crippen molar-refractivity contribution in [2.75, 3.05) is 0 Å². The zero-order chi connectivity index (χ0) is 16.0. The van der Waals surface area contributed by atoms with E-state index in [0.29, 0.717) is 0 Å². The van der Waals surface area contributed by atoms with Crippen LogP contribution in [0.4, 0.5) is 0 Å². The first-order valence-corrected chi connectivity index (χ1v) is 8.78. The third kappa shape index (κ3) is 1.46. The maximum atomic E-state index is 11.9. The second-order valence-corrected chi connectivity index (χ2v) is 9.33. The predicted molar refractivity (Wildman–Crippen MR) is 66.8 cm³/mol. The fourth-order valence-electron chi connectivity index (χ4n) is 2.69. The topological polar surface area (TPSA) is 128 Å². The Bertz CT molecular complexity index is 940. The van der Waals surface area contributed by atoms with Crippen LogP contribution in [0.15, 0.2) is 25.6 Å². The molecule has 5 rings (SSSR count). The Morgan fingerprint density at radius 2 is 1.71 bits per heavy atom. The lowest BCUT2D eigenvalue weighted by atomic mass is 9.85. The van der Waals surface area contributed by atoms with E-state index in [1.807, 2.05) is 0 Å². The van der Waals surface area contributed by atoms with Crippen molar-refractivity contribution in [1.82, 2.24) is 0 Å². The summed E-state index contributed by atoms with van der Waals surface area (Å²) in [5, 5.41) is 10.6. The minimum atomic E-state index is -3.77. The molecular weight excluding hydrogens is 322 g/mol. The van der Waals surface area contributed by atoms with E-state index in [2.05, 4.69) is 0 Å². The van der Waals surface area contributed by atoms with E-state index in [1.165, 1.54) is 19.9 Å². The van der Waals surface area contributed by atoms with E-state index in [9.17, 15) is 31.7 Å². The van der Waals surface area contributed by atoms with E-state index < -0.39 is 35.9 Å². The zero-order valence-electron chi connectivity index (χ0n) is 10.9. The predicted octanol–water partition coefficient (Wildman–Crippen LogP) is 0.351. The summed E-state index contributed by atoms with van der Waals surface area (Å²) >= 11 is 0. The molecule has 4 aliphatic rings. The lowest BCUT2D eigenvalue weighted by Crippen LogP contribution is -2.39. The van der Waals surface area contributed by atoms with Gasteiger partial charge in [0.15, 0.2) is 0 Å². The lowest BCUT2D eigenvalue weighted by molar-refractivity contribution is -0.411. The maximum absolute atomic E-state index is 11.9. The number of hydrogen-bond acceptors (Lipinski definition) is 7. The van der Waals surface area contributed by atoms with E-state index in [1.54, 1.807) is 0 Å². The van der Waals surface area contributed by atoms with Gasteiger partial charge in [0.2, 0.25) is 19.7 Å². The molecule has 0 radical (unpaired) electrons. The second kappa shape index (κ2) is 3.50. The average Bonchev–Trinajstić information content (AvgIpc) is 2.34. The van der Waals surface area contributed by atoms with Crippen molar-refractivity contribution in [2.24, 2.45) is 5.41 Å². The molecule has 21 heavy (non-hydrogen) atoms. The molecule has 0 N–H and O–H groups in total. The van der Waals surface area contributed by atoms with Gasteiger partial charge in [-0.25, -0.2) is 21.6 Å². The first kappa shape index (κ1) is 14.1. The van der Waals surface area contributed by atoms with Gasteiger partial charge in [0.05, 0.1) is 9.79 Å². The van der Waals surface area contributed by atoms with Gasteiger partial charge in [-0.15, -0.1) is 0 Å². The fourth-order valence-corrected chi connectivity index (χ4v) is 7.65. The van der Waals surface area contributed by atoms with Crippen molar-refractivity contribution in [3.05, 3.63) is 21.7 Å². The van der Waals surface area contributed by atoms with Crippen molar-refractivity contribution < 1.29 is 26.6 Å².